The summed E-state index contributed by atoms with van der Waals surface area (Å²) in [4.78, 5) is 48.8. The molecule has 2 amide bonds. The van der Waals surface area contributed by atoms with Gasteiger partial charge < -0.3 is 25.2 Å². The van der Waals surface area contributed by atoms with Crippen molar-refractivity contribution in [3.63, 3.8) is 0 Å². The first-order valence-corrected chi connectivity index (χ1v) is 11.4. The summed E-state index contributed by atoms with van der Waals surface area (Å²) in [5.74, 6) is -3.10. The lowest BCUT2D eigenvalue weighted by Gasteiger charge is -2.24. The van der Waals surface area contributed by atoms with Crippen LogP contribution < -0.4 is 10.6 Å². The molecule has 0 bridgehead atoms. The van der Waals surface area contributed by atoms with Gasteiger partial charge in [-0.15, -0.1) is 0 Å². The van der Waals surface area contributed by atoms with Crippen LogP contribution in [0.1, 0.15) is 36.2 Å². The van der Waals surface area contributed by atoms with Crippen molar-refractivity contribution in [2.45, 2.75) is 39.0 Å². The van der Waals surface area contributed by atoms with Crippen molar-refractivity contribution in [3.05, 3.63) is 69.7 Å². The van der Waals surface area contributed by atoms with Crippen molar-refractivity contribution in [1.82, 2.24) is 10.6 Å². The molecular weight excluding hydrogens is 499 g/mol. The number of rotatable bonds is 11. The van der Waals surface area contributed by atoms with E-state index in [9.17, 15) is 24.3 Å². The lowest BCUT2D eigenvalue weighted by molar-refractivity contribution is -0.138. The second kappa shape index (κ2) is 13.6. The van der Waals surface area contributed by atoms with Gasteiger partial charge in [-0.2, -0.15) is 0 Å². The van der Waals surface area contributed by atoms with Crippen LogP contribution in [0.3, 0.4) is 0 Å². The molecule has 11 heteroatoms. The minimum absolute atomic E-state index is 0.0152. The Morgan fingerprint density at radius 2 is 1.54 bits per heavy atom. The molecule has 0 aliphatic heterocycles. The van der Waals surface area contributed by atoms with Crippen molar-refractivity contribution in [2.75, 3.05) is 6.61 Å². The number of hydrogen-bond acceptors (Lipinski definition) is 6. The molecular formula is C24H26Cl2N2O7. The van der Waals surface area contributed by atoms with Crippen LogP contribution in [-0.4, -0.2) is 47.7 Å². The van der Waals surface area contributed by atoms with E-state index in [1.54, 1.807) is 44.2 Å². The molecule has 0 heterocycles. The predicted molar refractivity (Wildman–Crippen MR) is 129 cm³/mol. The maximum atomic E-state index is 12.9. The predicted octanol–water partition coefficient (Wildman–Crippen LogP) is 4.06. The van der Waals surface area contributed by atoms with Crippen LogP contribution >= 0.6 is 23.2 Å². The summed E-state index contributed by atoms with van der Waals surface area (Å²) < 4.78 is 10.3. The maximum Gasteiger partial charge on any atom is 0.408 e. The third-order valence-corrected chi connectivity index (χ3v) is 5.42. The molecule has 3 N–H and O–H groups in total. The molecule has 0 aliphatic carbocycles. The lowest BCUT2D eigenvalue weighted by atomic mass is 10.0. The van der Waals surface area contributed by atoms with E-state index in [0.29, 0.717) is 0 Å². The molecule has 9 nitrogen and oxygen atoms in total. The Labute approximate surface area is 212 Å². The Morgan fingerprint density at radius 1 is 0.914 bits per heavy atom. The lowest BCUT2D eigenvalue weighted by Crippen LogP contribution is -2.53. The highest BCUT2D eigenvalue weighted by molar-refractivity contribution is 6.39. The van der Waals surface area contributed by atoms with Crippen LogP contribution in [0.5, 0.6) is 0 Å². The molecule has 2 aromatic rings. The number of ether oxygens (including phenoxy) is 2. The van der Waals surface area contributed by atoms with Crippen molar-refractivity contribution < 1.29 is 33.8 Å². The van der Waals surface area contributed by atoms with Gasteiger partial charge in [-0.1, -0.05) is 73.4 Å². The van der Waals surface area contributed by atoms with Crippen LogP contribution in [-0.2, 0) is 25.7 Å². The van der Waals surface area contributed by atoms with Gasteiger partial charge in [-0.3, -0.25) is 9.59 Å². The van der Waals surface area contributed by atoms with Crippen molar-refractivity contribution >= 4 is 47.1 Å². The molecule has 0 unspecified atom stereocenters. The normalized spacial score (nSPS) is 12.4. The Hall–Kier alpha value is -3.30. The second-order valence-electron chi connectivity index (χ2n) is 7.93. The van der Waals surface area contributed by atoms with Crippen molar-refractivity contribution in [2.24, 2.45) is 5.92 Å². The van der Waals surface area contributed by atoms with Gasteiger partial charge in [0.15, 0.2) is 0 Å². The van der Waals surface area contributed by atoms with E-state index >= 15 is 0 Å². The molecule has 188 valence electrons. The van der Waals surface area contributed by atoms with Crippen LogP contribution in [0.25, 0.3) is 0 Å². The molecule has 35 heavy (non-hydrogen) atoms. The molecule has 0 spiro atoms. The van der Waals surface area contributed by atoms with E-state index in [1.165, 1.54) is 12.1 Å². The molecule has 0 fully saturated rings. The number of nitrogens with one attached hydrogen (secondary N) is 2. The number of carbonyl (C=O) groups is 4. The number of carboxylic acid groups (broad SMARTS) is 1. The summed E-state index contributed by atoms with van der Waals surface area (Å²) in [6.45, 7) is 2.96. The summed E-state index contributed by atoms with van der Waals surface area (Å²) in [5.41, 5.74) is 0.703. The fourth-order valence-electron chi connectivity index (χ4n) is 3.02. The first-order chi connectivity index (χ1) is 16.6. The van der Waals surface area contributed by atoms with Crippen LogP contribution in [0.2, 0.25) is 10.0 Å². The highest BCUT2D eigenvalue weighted by atomic mass is 35.5. The van der Waals surface area contributed by atoms with E-state index in [4.69, 9.17) is 32.7 Å². The Kier molecular flexibility index (Phi) is 10.8. The van der Waals surface area contributed by atoms with Gasteiger partial charge in [0.2, 0.25) is 5.91 Å². The Bertz CT molecular complexity index is 1030. The van der Waals surface area contributed by atoms with E-state index in [1.807, 2.05) is 6.07 Å². The van der Waals surface area contributed by atoms with Crippen LogP contribution in [0.4, 0.5) is 4.79 Å². The maximum absolute atomic E-state index is 12.9. The topological polar surface area (TPSA) is 131 Å². The van der Waals surface area contributed by atoms with Crippen LogP contribution in [0, 0.1) is 5.92 Å². The quantitative estimate of drug-likeness (QED) is 0.377. The van der Waals surface area contributed by atoms with Gasteiger partial charge in [0, 0.05) is 0 Å². The number of carboxylic acids is 1. The van der Waals surface area contributed by atoms with Gasteiger partial charge in [0.05, 0.1) is 28.1 Å². The number of alkyl carbamates (subject to hydrolysis) is 1. The third kappa shape index (κ3) is 9.11. The standard InChI is InChI=1S/C24H26Cl2N2O7/c1-14(2)21(28-24(33)35-12-15-7-4-3-5-8-15)22(31)27-16(11-19(29)30)13-34-23(32)20-17(25)9-6-10-18(20)26/h3-10,14,16,21H,11-13H2,1-2H3,(H,27,31)(H,28,33)(H,29,30)/t16-,21-/m0/s1. The smallest absolute Gasteiger partial charge is 0.408 e. The zero-order chi connectivity index (χ0) is 26.0. The zero-order valence-corrected chi connectivity index (χ0v) is 20.6. The molecule has 0 aromatic heterocycles. The van der Waals surface area contributed by atoms with Crippen LogP contribution in [0.15, 0.2) is 48.5 Å². The number of halogens is 2. The summed E-state index contributed by atoms with van der Waals surface area (Å²) in [6, 6.07) is 11.4. The molecule has 0 aliphatic rings. The third-order valence-electron chi connectivity index (χ3n) is 4.79. The monoisotopic (exact) mass is 524 g/mol. The number of carbonyl (C=O) groups excluding carboxylic acids is 3. The highest BCUT2D eigenvalue weighted by Gasteiger charge is 2.28. The van der Waals surface area contributed by atoms with Gasteiger partial charge in [-0.05, 0) is 23.6 Å². The SMILES string of the molecule is CC(C)[C@H](NC(=O)OCc1ccccc1)C(=O)N[C@H](COC(=O)c1c(Cl)cccc1Cl)CC(=O)O. The number of amides is 2. The van der Waals surface area contributed by atoms with E-state index < -0.39 is 49.1 Å². The van der Waals surface area contributed by atoms with E-state index in [-0.39, 0.29) is 28.1 Å². The average molecular weight is 525 g/mol. The van der Waals surface area contributed by atoms with E-state index in [0.717, 1.165) is 5.56 Å². The first-order valence-electron chi connectivity index (χ1n) is 10.7. The van der Waals surface area contributed by atoms with Crippen molar-refractivity contribution in [1.29, 1.82) is 0 Å². The van der Waals surface area contributed by atoms with Crippen molar-refractivity contribution in [3.8, 4) is 0 Å². The molecule has 2 atom stereocenters. The fourth-order valence-corrected chi connectivity index (χ4v) is 3.57. The van der Waals surface area contributed by atoms with Gasteiger partial charge in [0.1, 0.15) is 19.3 Å². The first kappa shape index (κ1) is 27.9. The molecule has 2 aromatic carbocycles. The summed E-state index contributed by atoms with van der Waals surface area (Å²) in [7, 11) is 0. The van der Waals surface area contributed by atoms with Gasteiger partial charge in [-0.25, -0.2) is 9.59 Å². The second-order valence-corrected chi connectivity index (χ2v) is 8.74. The van der Waals surface area contributed by atoms with Gasteiger partial charge >= 0.3 is 18.0 Å². The minimum atomic E-state index is -1.22. The largest absolute Gasteiger partial charge is 0.481 e. The summed E-state index contributed by atoms with van der Waals surface area (Å²) >= 11 is 12.0. The highest BCUT2D eigenvalue weighted by Crippen LogP contribution is 2.25. The number of benzene rings is 2. The zero-order valence-electron chi connectivity index (χ0n) is 19.1. The number of esters is 1. The summed E-state index contributed by atoms with van der Waals surface area (Å²) in [5, 5.41) is 14.4. The summed E-state index contributed by atoms with van der Waals surface area (Å²) in [6.07, 6.45) is -1.34. The number of hydrogen-bond donors (Lipinski definition) is 3. The molecule has 0 radical (unpaired) electrons. The molecule has 2 rings (SSSR count). The fraction of sp³-hybridized carbons (Fsp3) is 0.333. The average Bonchev–Trinajstić information content (AvgIpc) is 2.79. The number of aliphatic carboxylic acids is 1. The Balaban J connectivity index is 2.00. The van der Waals surface area contributed by atoms with E-state index in [2.05, 4.69) is 10.6 Å². The molecule has 0 saturated heterocycles. The Morgan fingerprint density at radius 3 is 2.11 bits per heavy atom. The van der Waals surface area contributed by atoms with Gasteiger partial charge in [0.25, 0.3) is 0 Å². The minimum Gasteiger partial charge on any atom is -0.481 e. The molecule has 0 saturated carbocycles.